The van der Waals surface area contributed by atoms with Crippen molar-refractivity contribution in [1.82, 2.24) is 0 Å². The summed E-state index contributed by atoms with van der Waals surface area (Å²) in [4.78, 5) is 1.50. The van der Waals surface area contributed by atoms with Crippen molar-refractivity contribution >= 4 is 11.3 Å². The number of nitrogens with zero attached hydrogens (tertiary/aromatic N) is 1. The molecule has 0 radical (unpaired) electrons. The van der Waals surface area contributed by atoms with Crippen molar-refractivity contribution in [3.8, 4) is 6.07 Å². The molecule has 1 atom stereocenters. The van der Waals surface area contributed by atoms with Crippen LogP contribution in [0.5, 0.6) is 0 Å². The van der Waals surface area contributed by atoms with Crippen LogP contribution in [0.3, 0.4) is 0 Å². The van der Waals surface area contributed by atoms with E-state index in [4.69, 9.17) is 5.26 Å². The standard InChI is InChI=1S/C9H9NS/c10-6-7-1-2-9-8(5-7)3-4-11-9/h3-4,7H,1-2,5H2. The Kier molecular flexibility index (Phi) is 1.67. The zero-order valence-electron chi connectivity index (χ0n) is 6.21. The molecule has 0 bridgehead atoms. The summed E-state index contributed by atoms with van der Waals surface area (Å²) in [6.45, 7) is 0. The van der Waals surface area contributed by atoms with E-state index in [0.717, 1.165) is 19.3 Å². The van der Waals surface area contributed by atoms with Crippen LogP contribution in [0.1, 0.15) is 16.9 Å². The third kappa shape index (κ3) is 1.17. The second-order valence-electron chi connectivity index (χ2n) is 2.94. The van der Waals surface area contributed by atoms with E-state index in [2.05, 4.69) is 17.5 Å². The van der Waals surface area contributed by atoms with Crippen molar-refractivity contribution in [3.05, 3.63) is 21.9 Å². The monoisotopic (exact) mass is 163 g/mol. The molecule has 2 rings (SSSR count). The summed E-state index contributed by atoms with van der Waals surface area (Å²) in [6, 6.07) is 4.50. The van der Waals surface area contributed by atoms with Crippen LogP contribution in [-0.2, 0) is 12.8 Å². The zero-order valence-corrected chi connectivity index (χ0v) is 7.03. The fourth-order valence-electron chi connectivity index (χ4n) is 1.55. The topological polar surface area (TPSA) is 23.8 Å². The van der Waals surface area contributed by atoms with Gasteiger partial charge >= 0.3 is 0 Å². The minimum Gasteiger partial charge on any atom is -0.198 e. The number of aryl methyl sites for hydroxylation is 1. The first-order valence-corrected chi connectivity index (χ1v) is 4.73. The highest BCUT2D eigenvalue weighted by atomic mass is 32.1. The first-order valence-electron chi connectivity index (χ1n) is 3.85. The molecule has 1 unspecified atom stereocenters. The number of hydrogen-bond acceptors (Lipinski definition) is 2. The summed E-state index contributed by atoms with van der Waals surface area (Å²) in [5, 5.41) is 10.8. The van der Waals surface area contributed by atoms with Gasteiger partial charge in [-0.05, 0) is 36.3 Å². The van der Waals surface area contributed by atoms with Crippen molar-refractivity contribution in [3.63, 3.8) is 0 Å². The van der Waals surface area contributed by atoms with Crippen LogP contribution in [-0.4, -0.2) is 0 Å². The summed E-state index contributed by atoms with van der Waals surface area (Å²) in [6.07, 6.45) is 3.16. The molecule has 0 fully saturated rings. The van der Waals surface area contributed by atoms with Crippen LogP contribution < -0.4 is 0 Å². The first kappa shape index (κ1) is 6.87. The van der Waals surface area contributed by atoms with Gasteiger partial charge in [-0.15, -0.1) is 11.3 Å². The lowest BCUT2D eigenvalue weighted by Crippen LogP contribution is -2.09. The molecule has 11 heavy (non-hydrogen) atoms. The summed E-state index contributed by atoms with van der Waals surface area (Å²) >= 11 is 1.83. The minimum absolute atomic E-state index is 0.275. The molecule has 0 spiro atoms. The largest absolute Gasteiger partial charge is 0.198 e. The predicted octanol–water partition coefficient (Wildman–Crippen LogP) is 2.38. The maximum atomic E-state index is 8.71. The molecule has 0 saturated carbocycles. The third-order valence-corrected chi connectivity index (χ3v) is 3.23. The molecule has 1 nitrogen and oxygen atoms in total. The highest BCUT2D eigenvalue weighted by molar-refractivity contribution is 7.10. The lowest BCUT2D eigenvalue weighted by Gasteiger charge is -2.14. The van der Waals surface area contributed by atoms with E-state index in [-0.39, 0.29) is 5.92 Å². The van der Waals surface area contributed by atoms with Crippen molar-refractivity contribution in [2.75, 3.05) is 0 Å². The maximum Gasteiger partial charge on any atom is 0.0659 e. The minimum atomic E-state index is 0.275. The van der Waals surface area contributed by atoms with Crippen LogP contribution in [0.4, 0.5) is 0 Å². The van der Waals surface area contributed by atoms with E-state index in [1.54, 1.807) is 0 Å². The Labute approximate surface area is 70.3 Å². The van der Waals surface area contributed by atoms with Gasteiger partial charge in [-0.3, -0.25) is 0 Å². The number of nitriles is 1. The van der Waals surface area contributed by atoms with Crippen molar-refractivity contribution < 1.29 is 0 Å². The Morgan fingerprint density at radius 3 is 3.36 bits per heavy atom. The van der Waals surface area contributed by atoms with Crippen LogP contribution >= 0.6 is 11.3 Å². The molecular formula is C9H9NS. The number of fused-ring (bicyclic) bond motifs is 1. The number of rotatable bonds is 0. The van der Waals surface area contributed by atoms with E-state index < -0.39 is 0 Å². The number of thiophene rings is 1. The van der Waals surface area contributed by atoms with Gasteiger partial charge in [0.1, 0.15) is 0 Å². The molecule has 1 aromatic heterocycles. The Hall–Kier alpha value is -0.810. The second kappa shape index (κ2) is 2.67. The summed E-state index contributed by atoms with van der Waals surface area (Å²) < 4.78 is 0. The Balaban J connectivity index is 2.26. The second-order valence-corrected chi connectivity index (χ2v) is 3.94. The summed E-state index contributed by atoms with van der Waals surface area (Å²) in [5.74, 6) is 0.275. The summed E-state index contributed by atoms with van der Waals surface area (Å²) in [7, 11) is 0. The van der Waals surface area contributed by atoms with Gasteiger partial charge < -0.3 is 0 Å². The first-order chi connectivity index (χ1) is 5.40. The Morgan fingerprint density at radius 1 is 1.64 bits per heavy atom. The normalized spacial score (nSPS) is 22.3. The smallest absolute Gasteiger partial charge is 0.0659 e. The lowest BCUT2D eigenvalue weighted by atomic mass is 9.90. The average Bonchev–Trinajstić information content (AvgIpc) is 2.50. The van der Waals surface area contributed by atoms with Crippen molar-refractivity contribution in [2.24, 2.45) is 5.92 Å². The predicted molar refractivity (Wildman–Crippen MR) is 45.4 cm³/mol. The van der Waals surface area contributed by atoms with Crippen LogP contribution in [0.2, 0.25) is 0 Å². The van der Waals surface area contributed by atoms with Gasteiger partial charge in [-0.2, -0.15) is 5.26 Å². The van der Waals surface area contributed by atoms with E-state index in [1.165, 1.54) is 10.4 Å². The summed E-state index contributed by atoms with van der Waals surface area (Å²) in [5.41, 5.74) is 1.41. The molecule has 0 aromatic carbocycles. The van der Waals surface area contributed by atoms with Gasteiger partial charge in [0.15, 0.2) is 0 Å². The van der Waals surface area contributed by atoms with Gasteiger partial charge in [-0.1, -0.05) is 0 Å². The third-order valence-electron chi connectivity index (χ3n) is 2.21. The van der Waals surface area contributed by atoms with Crippen LogP contribution in [0, 0.1) is 17.2 Å². The fraction of sp³-hybridized carbons (Fsp3) is 0.444. The van der Waals surface area contributed by atoms with Gasteiger partial charge in [0.25, 0.3) is 0 Å². The Morgan fingerprint density at radius 2 is 2.55 bits per heavy atom. The molecule has 0 amide bonds. The van der Waals surface area contributed by atoms with Gasteiger partial charge in [0.2, 0.25) is 0 Å². The zero-order chi connectivity index (χ0) is 7.68. The van der Waals surface area contributed by atoms with Crippen molar-refractivity contribution in [1.29, 1.82) is 5.26 Å². The highest BCUT2D eigenvalue weighted by Gasteiger charge is 2.18. The number of hydrogen-bond donors (Lipinski definition) is 0. The average molecular weight is 163 g/mol. The Bertz CT molecular complexity index is 295. The quantitative estimate of drug-likeness (QED) is 0.576. The van der Waals surface area contributed by atoms with Gasteiger partial charge in [0, 0.05) is 4.88 Å². The van der Waals surface area contributed by atoms with E-state index in [0.29, 0.717) is 0 Å². The molecule has 1 aliphatic rings. The molecule has 1 heterocycles. The van der Waals surface area contributed by atoms with E-state index in [9.17, 15) is 0 Å². The fourth-order valence-corrected chi connectivity index (χ4v) is 2.49. The van der Waals surface area contributed by atoms with Crippen LogP contribution in [0.25, 0.3) is 0 Å². The van der Waals surface area contributed by atoms with Crippen LogP contribution in [0.15, 0.2) is 11.4 Å². The molecule has 0 N–H and O–H groups in total. The molecule has 1 aromatic rings. The molecule has 2 heteroatoms. The molecule has 0 aliphatic heterocycles. The van der Waals surface area contributed by atoms with Gasteiger partial charge in [-0.25, -0.2) is 0 Å². The van der Waals surface area contributed by atoms with E-state index >= 15 is 0 Å². The lowest BCUT2D eigenvalue weighted by molar-refractivity contribution is 0.571. The molecular weight excluding hydrogens is 154 g/mol. The van der Waals surface area contributed by atoms with Gasteiger partial charge in [0.05, 0.1) is 12.0 Å². The maximum absolute atomic E-state index is 8.71. The van der Waals surface area contributed by atoms with E-state index in [1.807, 2.05) is 11.3 Å². The molecule has 1 aliphatic carbocycles. The SMILES string of the molecule is N#CC1CCc2sccc2C1. The molecule has 0 saturated heterocycles. The van der Waals surface area contributed by atoms with Crippen molar-refractivity contribution in [2.45, 2.75) is 19.3 Å². The molecule has 56 valence electrons. The highest BCUT2D eigenvalue weighted by Crippen LogP contribution is 2.28.